The van der Waals surface area contributed by atoms with E-state index in [9.17, 15) is 4.39 Å². The molecule has 0 atom stereocenters. The summed E-state index contributed by atoms with van der Waals surface area (Å²) in [5, 5.41) is 8.84. The van der Waals surface area contributed by atoms with Crippen molar-refractivity contribution in [3.63, 3.8) is 0 Å². The van der Waals surface area contributed by atoms with E-state index >= 15 is 0 Å². The minimum absolute atomic E-state index is 0.0984. The molecule has 2 aromatic rings. The van der Waals surface area contributed by atoms with E-state index in [1.54, 1.807) is 18.2 Å². The molecule has 80 valence electrons. The molecule has 1 heterocycles. The van der Waals surface area contributed by atoms with Crippen LogP contribution in [0.4, 0.5) is 4.39 Å². The zero-order valence-corrected chi connectivity index (χ0v) is 10.1. The maximum Gasteiger partial charge on any atom is 0.160 e. The molecule has 0 aliphatic rings. The predicted molar refractivity (Wildman–Crippen MR) is 61.5 cm³/mol. The number of halogens is 3. The third-order valence-electron chi connectivity index (χ3n) is 2.05. The number of rotatable bonds is 1. The topological polar surface area (TPSA) is 36.9 Å². The van der Waals surface area contributed by atoms with Gasteiger partial charge in [0, 0.05) is 4.47 Å². The smallest absolute Gasteiger partial charge is 0.160 e. The number of hydrogen-bond donors (Lipinski definition) is 0. The Bertz CT molecular complexity index is 575. The molecule has 0 unspecified atom stereocenters. The van der Waals surface area contributed by atoms with E-state index in [1.807, 2.05) is 0 Å². The highest BCUT2D eigenvalue weighted by molar-refractivity contribution is 9.10. The fraction of sp³-hybridized carbons (Fsp3) is 0. The molecular formula is C11H4BrClFNO. The second-order valence-electron chi connectivity index (χ2n) is 2.99. The molecule has 1 aromatic heterocycles. The first kappa shape index (κ1) is 11.2. The quantitative estimate of drug-likeness (QED) is 0.733. The Kier molecular flexibility index (Phi) is 2.99. The van der Waals surface area contributed by atoms with Crippen LogP contribution in [0.25, 0.3) is 11.3 Å². The zero-order chi connectivity index (χ0) is 11.7. The van der Waals surface area contributed by atoms with Crippen LogP contribution in [0.3, 0.4) is 0 Å². The van der Waals surface area contributed by atoms with E-state index in [0.717, 1.165) is 0 Å². The predicted octanol–water partition coefficient (Wildman–Crippen LogP) is 4.37. The van der Waals surface area contributed by atoms with E-state index in [2.05, 4.69) is 15.9 Å². The van der Waals surface area contributed by atoms with Crippen molar-refractivity contribution in [1.82, 2.24) is 0 Å². The maximum atomic E-state index is 13.6. The molecule has 2 nitrogen and oxygen atoms in total. The van der Waals surface area contributed by atoms with Gasteiger partial charge < -0.3 is 4.42 Å². The van der Waals surface area contributed by atoms with Gasteiger partial charge in [0.05, 0.1) is 16.8 Å². The van der Waals surface area contributed by atoms with Gasteiger partial charge in [-0.2, -0.15) is 5.26 Å². The molecule has 0 aliphatic heterocycles. The molecule has 0 spiro atoms. The molecule has 0 radical (unpaired) electrons. The molecule has 16 heavy (non-hydrogen) atoms. The fourth-order valence-electron chi connectivity index (χ4n) is 1.36. The van der Waals surface area contributed by atoms with Crippen LogP contribution in [0, 0.1) is 17.1 Å². The molecule has 0 bridgehead atoms. The summed E-state index contributed by atoms with van der Waals surface area (Å²) in [6.07, 6.45) is 1.45. The molecule has 1 aromatic carbocycles. The first-order valence-electron chi connectivity index (χ1n) is 4.26. The Balaban J connectivity index is 2.80. The van der Waals surface area contributed by atoms with E-state index in [4.69, 9.17) is 21.3 Å². The van der Waals surface area contributed by atoms with Crippen LogP contribution in [0.2, 0.25) is 5.02 Å². The lowest BCUT2D eigenvalue weighted by Gasteiger charge is -2.06. The van der Waals surface area contributed by atoms with Crippen molar-refractivity contribution >= 4 is 27.5 Å². The molecule has 0 amide bonds. The second-order valence-corrected chi connectivity index (χ2v) is 4.25. The van der Waals surface area contributed by atoms with Gasteiger partial charge in [0.2, 0.25) is 0 Å². The Labute approximate surface area is 104 Å². The molecule has 0 N–H and O–H groups in total. The largest absolute Gasteiger partial charge is 0.464 e. The van der Waals surface area contributed by atoms with E-state index in [0.29, 0.717) is 15.8 Å². The number of hydrogen-bond acceptors (Lipinski definition) is 2. The lowest BCUT2D eigenvalue weighted by molar-refractivity contribution is 0.579. The Morgan fingerprint density at radius 2 is 2.25 bits per heavy atom. The van der Waals surface area contributed by atoms with Gasteiger partial charge in [-0.3, -0.25) is 0 Å². The normalized spacial score (nSPS) is 10.1. The summed E-state index contributed by atoms with van der Waals surface area (Å²) >= 11 is 8.88. The van der Waals surface area contributed by atoms with Crippen LogP contribution in [0.15, 0.2) is 33.4 Å². The summed E-state index contributed by atoms with van der Waals surface area (Å²) in [6, 6.07) is 6.49. The summed E-state index contributed by atoms with van der Waals surface area (Å²) in [5.41, 5.74) is 0.240. The minimum Gasteiger partial charge on any atom is -0.464 e. The highest BCUT2D eigenvalue weighted by atomic mass is 79.9. The van der Waals surface area contributed by atoms with Gasteiger partial charge in [0.15, 0.2) is 5.82 Å². The van der Waals surface area contributed by atoms with Gasteiger partial charge in [-0.1, -0.05) is 11.6 Å². The Morgan fingerprint density at radius 3 is 2.81 bits per heavy atom. The van der Waals surface area contributed by atoms with E-state index < -0.39 is 5.82 Å². The van der Waals surface area contributed by atoms with Crippen molar-refractivity contribution in [2.45, 2.75) is 0 Å². The van der Waals surface area contributed by atoms with Crippen LogP contribution >= 0.6 is 27.5 Å². The number of furan rings is 1. The molecule has 0 saturated carbocycles. The second kappa shape index (κ2) is 4.28. The van der Waals surface area contributed by atoms with Gasteiger partial charge in [-0.05, 0) is 34.1 Å². The molecule has 5 heteroatoms. The van der Waals surface area contributed by atoms with Crippen LogP contribution < -0.4 is 0 Å². The van der Waals surface area contributed by atoms with Crippen molar-refractivity contribution < 1.29 is 8.81 Å². The Hall–Kier alpha value is -1.31. The maximum absolute atomic E-state index is 13.6. The molecular weight excluding hydrogens is 296 g/mol. The molecule has 2 rings (SSSR count). The van der Waals surface area contributed by atoms with Gasteiger partial charge in [-0.25, -0.2) is 4.39 Å². The Morgan fingerprint density at radius 1 is 1.50 bits per heavy atom. The summed E-state index contributed by atoms with van der Waals surface area (Å²) in [5.74, 6) is -0.322. The molecule has 0 aliphatic carbocycles. The summed E-state index contributed by atoms with van der Waals surface area (Å²) in [7, 11) is 0. The third kappa shape index (κ3) is 1.73. The number of nitrogens with zero attached hydrogens (tertiary/aromatic N) is 1. The average molecular weight is 301 g/mol. The average Bonchev–Trinajstić information content (AvgIpc) is 2.76. The van der Waals surface area contributed by atoms with Crippen molar-refractivity contribution in [3.05, 3.63) is 45.3 Å². The SMILES string of the molecule is N#Cc1c(F)c(Cl)cc(Br)c1-c1ccco1. The first-order valence-corrected chi connectivity index (χ1v) is 5.43. The lowest BCUT2D eigenvalue weighted by Crippen LogP contribution is -1.91. The summed E-state index contributed by atoms with van der Waals surface area (Å²) in [6.45, 7) is 0. The van der Waals surface area contributed by atoms with Crippen LogP contribution in [0.5, 0.6) is 0 Å². The lowest BCUT2D eigenvalue weighted by atomic mass is 10.1. The van der Waals surface area contributed by atoms with Crippen molar-refractivity contribution in [3.8, 4) is 17.4 Å². The van der Waals surface area contributed by atoms with Crippen LogP contribution in [0.1, 0.15) is 5.56 Å². The molecule has 0 fully saturated rings. The van der Waals surface area contributed by atoms with E-state index in [1.165, 1.54) is 12.3 Å². The highest BCUT2D eigenvalue weighted by Crippen LogP contribution is 2.36. The van der Waals surface area contributed by atoms with Crippen molar-refractivity contribution in [2.24, 2.45) is 0 Å². The third-order valence-corrected chi connectivity index (χ3v) is 2.95. The van der Waals surface area contributed by atoms with Crippen molar-refractivity contribution in [1.29, 1.82) is 5.26 Å². The number of nitriles is 1. The summed E-state index contributed by atoms with van der Waals surface area (Å²) in [4.78, 5) is 0. The van der Waals surface area contributed by atoms with Crippen molar-refractivity contribution in [2.75, 3.05) is 0 Å². The van der Waals surface area contributed by atoms with Gasteiger partial charge in [0.25, 0.3) is 0 Å². The van der Waals surface area contributed by atoms with Gasteiger partial charge in [-0.15, -0.1) is 0 Å². The van der Waals surface area contributed by atoms with Crippen LogP contribution in [-0.2, 0) is 0 Å². The van der Waals surface area contributed by atoms with Gasteiger partial charge >= 0.3 is 0 Å². The first-order chi connectivity index (χ1) is 7.65. The van der Waals surface area contributed by atoms with Gasteiger partial charge in [0.1, 0.15) is 17.4 Å². The summed E-state index contributed by atoms with van der Waals surface area (Å²) < 4.78 is 19.3. The fourth-order valence-corrected chi connectivity index (χ4v) is 2.32. The van der Waals surface area contributed by atoms with E-state index in [-0.39, 0.29) is 10.6 Å². The van der Waals surface area contributed by atoms with Crippen LogP contribution in [-0.4, -0.2) is 0 Å². The standard InChI is InChI=1S/C11H4BrClFNO/c12-7-4-8(13)11(14)6(5-15)10(7)9-2-1-3-16-9/h1-4H. The molecule has 0 saturated heterocycles. The minimum atomic E-state index is -0.737. The zero-order valence-electron chi connectivity index (χ0n) is 7.80. The highest BCUT2D eigenvalue weighted by Gasteiger charge is 2.19. The monoisotopic (exact) mass is 299 g/mol. The number of benzene rings is 1.